The van der Waals surface area contributed by atoms with Crippen LogP contribution in [0.1, 0.15) is 27.6 Å². The summed E-state index contributed by atoms with van der Waals surface area (Å²) in [6, 6.07) is 16.7. The molecule has 0 aliphatic rings. The minimum atomic E-state index is -0.197. The molecule has 0 unspecified atom stereocenters. The van der Waals surface area contributed by atoms with Gasteiger partial charge in [-0.1, -0.05) is 28.9 Å². The first kappa shape index (κ1) is 20.2. The highest BCUT2D eigenvalue weighted by Gasteiger charge is 2.11. The number of carbonyl (C=O) groups excluding carboxylic acids is 1. The molecule has 1 amide bonds. The summed E-state index contributed by atoms with van der Waals surface area (Å²) in [6.07, 6.45) is 1.66. The van der Waals surface area contributed by atoms with Crippen molar-refractivity contribution >= 4 is 35.1 Å². The monoisotopic (exact) mass is 439 g/mol. The van der Waals surface area contributed by atoms with E-state index in [-0.39, 0.29) is 5.91 Å². The van der Waals surface area contributed by atoms with Crippen molar-refractivity contribution in [3.8, 4) is 0 Å². The quantitative estimate of drug-likeness (QED) is 0.415. The Morgan fingerprint density at radius 3 is 2.60 bits per heavy atom. The summed E-state index contributed by atoms with van der Waals surface area (Å²) in [6.45, 7) is 2.32. The zero-order chi connectivity index (χ0) is 20.9. The van der Waals surface area contributed by atoms with E-state index in [9.17, 15) is 4.79 Å². The van der Waals surface area contributed by atoms with Crippen molar-refractivity contribution in [1.29, 1.82) is 0 Å². The van der Waals surface area contributed by atoms with Crippen molar-refractivity contribution in [2.75, 3.05) is 5.32 Å². The minimum Gasteiger partial charge on any atom is -0.338 e. The Balaban J connectivity index is 1.37. The van der Waals surface area contributed by atoms with Gasteiger partial charge < -0.3 is 9.84 Å². The second kappa shape index (κ2) is 9.15. The number of hydrogen-bond donors (Lipinski definition) is 1. The van der Waals surface area contributed by atoms with Crippen LogP contribution in [0.5, 0.6) is 0 Å². The van der Waals surface area contributed by atoms with E-state index in [1.165, 1.54) is 0 Å². The van der Waals surface area contributed by atoms with Gasteiger partial charge in [-0.2, -0.15) is 10.1 Å². The molecule has 0 saturated heterocycles. The highest BCUT2D eigenvalue weighted by atomic mass is 35.5. The number of rotatable bonds is 7. The van der Waals surface area contributed by atoms with Gasteiger partial charge in [-0.3, -0.25) is 4.79 Å². The summed E-state index contributed by atoms with van der Waals surface area (Å²) in [5, 5.41) is 11.7. The Hall–Kier alpha value is -3.10. The third-order valence-electron chi connectivity index (χ3n) is 4.25. The largest absolute Gasteiger partial charge is 0.338 e. The molecule has 0 saturated carbocycles. The third-order valence-corrected chi connectivity index (χ3v) is 5.50. The molecule has 2 aromatic carbocycles. The van der Waals surface area contributed by atoms with Crippen LogP contribution in [-0.2, 0) is 12.3 Å². The first-order chi connectivity index (χ1) is 14.6. The number of hydrogen-bond acceptors (Lipinski definition) is 6. The van der Waals surface area contributed by atoms with Crippen molar-refractivity contribution in [3.05, 3.63) is 88.7 Å². The summed E-state index contributed by atoms with van der Waals surface area (Å²) < 4.78 is 6.84. The van der Waals surface area contributed by atoms with Gasteiger partial charge in [0.25, 0.3) is 5.91 Å². The minimum absolute atomic E-state index is 0.197. The number of aryl methyl sites for hydroxylation is 1. The Labute approximate surface area is 182 Å². The lowest BCUT2D eigenvalue weighted by atomic mass is 10.2. The van der Waals surface area contributed by atoms with Crippen LogP contribution in [0.25, 0.3) is 0 Å². The molecule has 4 aromatic rings. The van der Waals surface area contributed by atoms with Crippen molar-refractivity contribution in [3.63, 3.8) is 0 Å². The van der Waals surface area contributed by atoms with E-state index in [0.29, 0.717) is 40.4 Å². The molecular weight excluding hydrogens is 422 g/mol. The SMILES string of the molecule is Cc1noc(CSc2ccc(C(=O)Nc3ccnn3Cc3ccc(Cl)cc3)cc2)n1. The van der Waals surface area contributed by atoms with Crippen molar-refractivity contribution < 1.29 is 9.32 Å². The van der Waals surface area contributed by atoms with E-state index in [4.69, 9.17) is 16.1 Å². The normalized spacial score (nSPS) is 10.9. The summed E-state index contributed by atoms with van der Waals surface area (Å²) in [5.74, 6) is 2.20. The van der Waals surface area contributed by atoms with Crippen LogP contribution in [0.3, 0.4) is 0 Å². The van der Waals surface area contributed by atoms with E-state index in [0.717, 1.165) is 10.5 Å². The molecule has 0 radical (unpaired) electrons. The lowest BCUT2D eigenvalue weighted by Gasteiger charge is -2.10. The van der Waals surface area contributed by atoms with Crippen molar-refractivity contribution in [2.45, 2.75) is 24.1 Å². The van der Waals surface area contributed by atoms with Gasteiger partial charge in [-0.05, 0) is 48.9 Å². The molecule has 4 rings (SSSR count). The molecule has 0 aliphatic carbocycles. The molecule has 30 heavy (non-hydrogen) atoms. The van der Waals surface area contributed by atoms with Gasteiger partial charge in [0.1, 0.15) is 5.82 Å². The summed E-state index contributed by atoms with van der Waals surface area (Å²) in [5.41, 5.74) is 1.60. The molecule has 0 spiro atoms. The van der Waals surface area contributed by atoms with Crippen LogP contribution in [0.4, 0.5) is 5.82 Å². The summed E-state index contributed by atoms with van der Waals surface area (Å²) in [4.78, 5) is 17.8. The standard InChI is InChI=1S/C21H18ClN5O2S/c1-14-24-20(29-26-14)13-30-18-8-4-16(5-9-18)21(28)25-19-10-11-23-27(19)12-15-2-6-17(22)7-3-15/h2-11H,12-13H2,1H3,(H,25,28). The predicted octanol–water partition coefficient (Wildman–Crippen LogP) is 4.82. The highest BCUT2D eigenvalue weighted by Crippen LogP contribution is 2.23. The summed E-state index contributed by atoms with van der Waals surface area (Å²) >= 11 is 7.50. The molecule has 2 heterocycles. The van der Waals surface area contributed by atoms with Gasteiger partial charge in [0.15, 0.2) is 5.82 Å². The van der Waals surface area contributed by atoms with E-state index in [1.54, 1.807) is 47.8 Å². The van der Waals surface area contributed by atoms with Crippen LogP contribution in [-0.4, -0.2) is 25.8 Å². The number of nitrogens with zero attached hydrogens (tertiary/aromatic N) is 4. The number of carbonyl (C=O) groups is 1. The smallest absolute Gasteiger partial charge is 0.256 e. The fourth-order valence-electron chi connectivity index (χ4n) is 2.76. The van der Waals surface area contributed by atoms with Gasteiger partial charge >= 0.3 is 0 Å². The Morgan fingerprint density at radius 2 is 1.90 bits per heavy atom. The molecule has 0 bridgehead atoms. The van der Waals surface area contributed by atoms with Crippen LogP contribution < -0.4 is 5.32 Å². The van der Waals surface area contributed by atoms with E-state index < -0.39 is 0 Å². The second-order valence-corrected chi connectivity index (χ2v) is 7.99. The third kappa shape index (κ3) is 5.08. The first-order valence-corrected chi connectivity index (χ1v) is 10.5. The van der Waals surface area contributed by atoms with Gasteiger partial charge in [-0.25, -0.2) is 4.68 Å². The molecule has 7 nitrogen and oxygen atoms in total. The molecule has 0 atom stereocenters. The molecule has 1 N–H and O–H groups in total. The van der Waals surface area contributed by atoms with Crippen molar-refractivity contribution in [2.24, 2.45) is 0 Å². The van der Waals surface area contributed by atoms with Gasteiger partial charge in [0.05, 0.1) is 18.5 Å². The maximum absolute atomic E-state index is 12.6. The Bertz CT molecular complexity index is 1140. The Morgan fingerprint density at radius 1 is 1.13 bits per heavy atom. The number of anilines is 1. The molecule has 0 fully saturated rings. The van der Waals surface area contributed by atoms with Crippen LogP contribution in [0.15, 0.2) is 70.2 Å². The number of aromatic nitrogens is 4. The average molecular weight is 440 g/mol. The Kier molecular flexibility index (Phi) is 6.15. The zero-order valence-electron chi connectivity index (χ0n) is 16.1. The fourth-order valence-corrected chi connectivity index (χ4v) is 3.62. The number of thioether (sulfide) groups is 1. The molecular formula is C21H18ClN5O2S. The van der Waals surface area contributed by atoms with Gasteiger partial charge in [0.2, 0.25) is 5.89 Å². The highest BCUT2D eigenvalue weighted by molar-refractivity contribution is 7.98. The number of amides is 1. The van der Waals surface area contributed by atoms with Crippen LogP contribution in [0.2, 0.25) is 5.02 Å². The van der Waals surface area contributed by atoms with Crippen molar-refractivity contribution in [1.82, 2.24) is 19.9 Å². The van der Waals surface area contributed by atoms with E-state index >= 15 is 0 Å². The summed E-state index contributed by atoms with van der Waals surface area (Å²) in [7, 11) is 0. The molecule has 152 valence electrons. The maximum atomic E-state index is 12.6. The van der Waals surface area contributed by atoms with Crippen LogP contribution >= 0.6 is 23.4 Å². The number of halogens is 1. The molecule has 2 aromatic heterocycles. The zero-order valence-corrected chi connectivity index (χ0v) is 17.7. The second-order valence-electron chi connectivity index (χ2n) is 6.50. The van der Waals surface area contributed by atoms with E-state index in [1.807, 2.05) is 36.4 Å². The first-order valence-electron chi connectivity index (χ1n) is 9.16. The average Bonchev–Trinajstić information content (AvgIpc) is 3.37. The molecule has 0 aliphatic heterocycles. The lowest BCUT2D eigenvalue weighted by molar-refractivity contribution is 0.102. The van der Waals surface area contributed by atoms with Gasteiger partial charge in [0, 0.05) is 21.5 Å². The maximum Gasteiger partial charge on any atom is 0.256 e. The van der Waals surface area contributed by atoms with E-state index in [2.05, 4.69) is 20.6 Å². The fraction of sp³-hybridized carbons (Fsp3) is 0.143. The lowest BCUT2D eigenvalue weighted by Crippen LogP contribution is -2.16. The predicted molar refractivity (Wildman–Crippen MR) is 116 cm³/mol. The van der Waals surface area contributed by atoms with Gasteiger partial charge in [-0.15, -0.1) is 11.8 Å². The topological polar surface area (TPSA) is 85.8 Å². The molecule has 9 heteroatoms. The number of benzene rings is 2. The number of nitrogens with one attached hydrogen (secondary N) is 1. The van der Waals surface area contributed by atoms with Crippen LogP contribution in [0, 0.1) is 6.92 Å².